The van der Waals surface area contributed by atoms with Gasteiger partial charge in [0.2, 0.25) is 15.9 Å². The number of carbonyl (C=O) groups excluding carboxylic acids is 2. The van der Waals surface area contributed by atoms with Gasteiger partial charge in [0, 0.05) is 38.0 Å². The van der Waals surface area contributed by atoms with Crippen molar-refractivity contribution in [3.8, 4) is 0 Å². The maximum absolute atomic E-state index is 13.1. The molecule has 178 valence electrons. The summed E-state index contributed by atoms with van der Waals surface area (Å²) in [6, 6.07) is 11.9. The molecule has 0 aliphatic carbocycles. The smallest absolute Gasteiger partial charge is 0.339 e. The van der Waals surface area contributed by atoms with Crippen molar-refractivity contribution in [1.29, 1.82) is 0 Å². The summed E-state index contributed by atoms with van der Waals surface area (Å²) in [4.78, 5) is 26.5. The quantitative estimate of drug-likeness (QED) is 0.563. The molecular weight excluding hydrogens is 468 g/mol. The molecule has 1 heterocycles. The predicted octanol–water partition coefficient (Wildman–Crippen LogP) is 1.94. The van der Waals surface area contributed by atoms with Crippen LogP contribution in [0.15, 0.2) is 58.3 Å². The number of carbonyl (C=O) groups is 2. The van der Waals surface area contributed by atoms with Gasteiger partial charge in [-0.25, -0.2) is 21.6 Å². The molecule has 2 aromatic carbocycles. The van der Waals surface area contributed by atoms with E-state index in [4.69, 9.17) is 4.74 Å². The van der Waals surface area contributed by atoms with Crippen LogP contribution in [0.4, 0.5) is 5.69 Å². The van der Waals surface area contributed by atoms with Gasteiger partial charge in [0.05, 0.1) is 22.5 Å². The summed E-state index contributed by atoms with van der Waals surface area (Å²) in [5.74, 6) is -1.29. The lowest BCUT2D eigenvalue weighted by molar-refractivity contribution is -0.123. The van der Waals surface area contributed by atoms with Crippen molar-refractivity contribution in [3.63, 3.8) is 0 Å². The van der Waals surface area contributed by atoms with E-state index in [0.29, 0.717) is 18.5 Å². The van der Waals surface area contributed by atoms with Gasteiger partial charge in [-0.2, -0.15) is 4.31 Å². The number of esters is 1. The second-order valence-corrected chi connectivity index (χ2v) is 11.8. The highest BCUT2D eigenvalue weighted by molar-refractivity contribution is 7.90. The van der Waals surface area contributed by atoms with Crippen LogP contribution in [0.1, 0.15) is 23.2 Å². The molecule has 11 heteroatoms. The van der Waals surface area contributed by atoms with Crippen molar-refractivity contribution >= 4 is 37.4 Å². The maximum atomic E-state index is 13.1. The molecule has 0 unspecified atom stereocenters. The van der Waals surface area contributed by atoms with Crippen LogP contribution in [0.5, 0.6) is 0 Å². The summed E-state index contributed by atoms with van der Waals surface area (Å²) in [6.45, 7) is 0.268. The minimum Gasteiger partial charge on any atom is -0.465 e. The minimum atomic E-state index is -3.94. The van der Waals surface area contributed by atoms with Crippen LogP contribution in [0.25, 0.3) is 0 Å². The van der Waals surface area contributed by atoms with Gasteiger partial charge in [0.1, 0.15) is 0 Å². The van der Waals surface area contributed by atoms with Gasteiger partial charge in [-0.15, -0.1) is 0 Å². The number of anilines is 1. The Kier molecular flexibility index (Phi) is 7.25. The first-order chi connectivity index (χ1) is 15.5. The Morgan fingerprint density at radius 1 is 0.970 bits per heavy atom. The van der Waals surface area contributed by atoms with E-state index in [9.17, 15) is 26.4 Å². The van der Waals surface area contributed by atoms with Gasteiger partial charge in [-0.1, -0.05) is 12.1 Å². The average molecular weight is 495 g/mol. The van der Waals surface area contributed by atoms with E-state index in [-0.39, 0.29) is 40.3 Å². The highest BCUT2D eigenvalue weighted by Gasteiger charge is 2.35. The largest absolute Gasteiger partial charge is 0.465 e. The molecule has 9 nitrogen and oxygen atoms in total. The number of benzene rings is 2. The third-order valence-electron chi connectivity index (χ3n) is 5.70. The molecule has 0 spiro atoms. The molecule has 1 fully saturated rings. The second-order valence-electron chi connectivity index (χ2n) is 7.83. The number of sulfone groups is 1. The van der Waals surface area contributed by atoms with Crippen molar-refractivity contribution in [3.05, 3.63) is 54.1 Å². The molecule has 33 heavy (non-hydrogen) atoms. The summed E-state index contributed by atoms with van der Waals surface area (Å²) in [5.41, 5.74) is 0.518. The fourth-order valence-electron chi connectivity index (χ4n) is 3.77. The maximum Gasteiger partial charge on any atom is 0.339 e. The zero-order chi connectivity index (χ0) is 24.4. The number of sulfonamides is 1. The predicted molar refractivity (Wildman–Crippen MR) is 122 cm³/mol. The molecule has 0 aromatic heterocycles. The van der Waals surface area contributed by atoms with E-state index < -0.39 is 25.8 Å². The second kappa shape index (κ2) is 9.62. The first-order valence-electron chi connectivity index (χ1n) is 10.2. The molecule has 2 aromatic rings. The molecule has 0 saturated carbocycles. The van der Waals surface area contributed by atoms with Gasteiger partial charge in [-0.05, 0) is 49.2 Å². The van der Waals surface area contributed by atoms with Crippen molar-refractivity contribution in [2.45, 2.75) is 22.6 Å². The summed E-state index contributed by atoms with van der Waals surface area (Å²) < 4.78 is 55.5. The van der Waals surface area contributed by atoms with Crippen LogP contribution in [0.2, 0.25) is 0 Å². The standard InChI is InChI=1S/C22H26N2O7S2/c1-23(17-8-10-18(11-9-17)32(3,27)28)21(25)16-12-14-24(15-13-16)33(29,30)20-7-5-4-6-19(20)22(26)31-2/h4-11,16H,12-15H2,1-3H3. The molecule has 1 aliphatic rings. The number of hydrogen-bond acceptors (Lipinski definition) is 7. The monoisotopic (exact) mass is 494 g/mol. The summed E-state index contributed by atoms with van der Waals surface area (Å²) in [5, 5.41) is 0. The number of methoxy groups -OCH3 is 1. The lowest BCUT2D eigenvalue weighted by atomic mass is 9.96. The molecule has 1 saturated heterocycles. The molecule has 0 radical (unpaired) electrons. The van der Waals surface area contributed by atoms with Crippen molar-refractivity contribution < 1.29 is 31.2 Å². The fourth-order valence-corrected chi connectivity index (χ4v) is 6.05. The molecule has 3 rings (SSSR count). The summed E-state index contributed by atoms with van der Waals surface area (Å²) >= 11 is 0. The van der Waals surface area contributed by atoms with Crippen LogP contribution < -0.4 is 4.90 Å². The average Bonchev–Trinajstić information content (AvgIpc) is 2.82. The van der Waals surface area contributed by atoms with Gasteiger partial charge >= 0.3 is 5.97 Å². The van der Waals surface area contributed by atoms with Gasteiger partial charge < -0.3 is 9.64 Å². The SMILES string of the molecule is COC(=O)c1ccccc1S(=O)(=O)N1CCC(C(=O)N(C)c2ccc(S(C)(=O)=O)cc2)CC1. The van der Waals surface area contributed by atoms with Crippen LogP contribution in [-0.4, -0.2) is 66.5 Å². The van der Waals surface area contributed by atoms with Gasteiger partial charge in [-0.3, -0.25) is 4.79 Å². The summed E-state index contributed by atoms with van der Waals surface area (Å²) in [6.07, 6.45) is 1.76. The molecule has 0 atom stereocenters. The van der Waals surface area contributed by atoms with Crippen LogP contribution in [0.3, 0.4) is 0 Å². The Hall–Kier alpha value is -2.76. The number of rotatable bonds is 6. The molecular formula is C22H26N2O7S2. The fraction of sp³-hybridized carbons (Fsp3) is 0.364. The first-order valence-corrected chi connectivity index (χ1v) is 13.5. The lowest BCUT2D eigenvalue weighted by Crippen LogP contribution is -2.43. The zero-order valence-electron chi connectivity index (χ0n) is 18.6. The van der Waals surface area contributed by atoms with E-state index in [1.807, 2.05) is 0 Å². The summed E-state index contributed by atoms with van der Waals surface area (Å²) in [7, 11) is -4.48. The van der Waals surface area contributed by atoms with Crippen molar-refractivity contribution in [2.24, 2.45) is 5.92 Å². The van der Waals surface area contributed by atoms with Crippen LogP contribution >= 0.6 is 0 Å². The topological polar surface area (TPSA) is 118 Å². The van der Waals surface area contributed by atoms with E-state index in [1.165, 1.54) is 40.6 Å². The number of amides is 1. The van der Waals surface area contributed by atoms with Crippen molar-refractivity contribution in [1.82, 2.24) is 4.31 Å². The molecule has 1 amide bonds. The number of ether oxygens (including phenoxy) is 1. The molecule has 0 bridgehead atoms. The van der Waals surface area contributed by atoms with E-state index in [0.717, 1.165) is 6.26 Å². The van der Waals surface area contributed by atoms with E-state index in [1.54, 1.807) is 31.3 Å². The number of piperidine rings is 1. The minimum absolute atomic E-state index is 0.0320. The highest BCUT2D eigenvalue weighted by Crippen LogP contribution is 2.28. The normalized spacial score (nSPS) is 15.7. The highest BCUT2D eigenvalue weighted by atomic mass is 32.2. The van der Waals surface area contributed by atoms with Crippen LogP contribution in [0, 0.1) is 5.92 Å². The Labute approximate surface area is 193 Å². The third kappa shape index (κ3) is 5.26. The Morgan fingerprint density at radius 3 is 2.09 bits per heavy atom. The van der Waals surface area contributed by atoms with E-state index in [2.05, 4.69) is 0 Å². The Morgan fingerprint density at radius 2 is 1.55 bits per heavy atom. The van der Waals surface area contributed by atoms with Gasteiger partial charge in [0.25, 0.3) is 0 Å². The van der Waals surface area contributed by atoms with E-state index >= 15 is 0 Å². The van der Waals surface area contributed by atoms with Crippen molar-refractivity contribution in [2.75, 3.05) is 38.4 Å². The van der Waals surface area contributed by atoms with Crippen LogP contribution in [-0.2, 0) is 29.4 Å². The lowest BCUT2D eigenvalue weighted by Gasteiger charge is -2.32. The number of nitrogens with zero attached hydrogens (tertiary/aromatic N) is 2. The molecule has 1 aliphatic heterocycles. The zero-order valence-corrected chi connectivity index (χ0v) is 20.2. The molecule has 0 N–H and O–H groups in total. The third-order valence-corrected chi connectivity index (χ3v) is 8.78. The Balaban J connectivity index is 1.70. The number of hydrogen-bond donors (Lipinski definition) is 0. The van der Waals surface area contributed by atoms with Gasteiger partial charge in [0.15, 0.2) is 9.84 Å². The Bertz CT molecular complexity index is 1250. The first kappa shape index (κ1) is 24.9.